The molecule has 0 unspecified atom stereocenters. The van der Waals surface area contributed by atoms with Gasteiger partial charge in [-0.25, -0.2) is 4.39 Å². The minimum Gasteiger partial charge on any atom is -0.384 e. The van der Waals surface area contributed by atoms with Crippen molar-refractivity contribution in [2.75, 3.05) is 0 Å². The van der Waals surface area contributed by atoms with Gasteiger partial charge in [0.25, 0.3) is 0 Å². The third-order valence-electron chi connectivity index (χ3n) is 1.45. The van der Waals surface area contributed by atoms with Gasteiger partial charge in [-0.1, -0.05) is 24.3 Å². The van der Waals surface area contributed by atoms with Crippen molar-refractivity contribution in [3.05, 3.63) is 35.4 Å². The van der Waals surface area contributed by atoms with Crippen molar-refractivity contribution < 1.29 is 4.39 Å². The minimum absolute atomic E-state index is 0.0850. The van der Waals surface area contributed by atoms with Crippen LogP contribution in [0.15, 0.2) is 24.3 Å². The van der Waals surface area contributed by atoms with E-state index in [0.29, 0.717) is 11.1 Å². The van der Waals surface area contributed by atoms with Crippen molar-refractivity contribution in [3.8, 4) is 0 Å². The van der Waals surface area contributed by atoms with Crippen LogP contribution < -0.4 is 5.73 Å². The third kappa shape index (κ3) is 1.55. The summed E-state index contributed by atoms with van der Waals surface area (Å²) >= 11 is 0. The summed E-state index contributed by atoms with van der Waals surface area (Å²) in [5.41, 5.74) is 6.16. The highest BCUT2D eigenvalue weighted by atomic mass is 19.1. The fourth-order valence-electron chi connectivity index (χ4n) is 0.900. The number of nitrogens with two attached hydrogens (primary N) is 1. The number of nitrogens with one attached hydrogen (secondary N) is 1. The summed E-state index contributed by atoms with van der Waals surface area (Å²) in [6.45, 7) is -0.574. The zero-order chi connectivity index (χ0) is 8.27. The van der Waals surface area contributed by atoms with Gasteiger partial charge < -0.3 is 5.73 Å². The first-order chi connectivity index (χ1) is 5.25. The van der Waals surface area contributed by atoms with Crippen LogP contribution in [0.25, 0.3) is 0 Å². The van der Waals surface area contributed by atoms with Gasteiger partial charge in [-0.2, -0.15) is 0 Å². The van der Waals surface area contributed by atoms with Gasteiger partial charge in [0.1, 0.15) is 12.5 Å². The summed E-state index contributed by atoms with van der Waals surface area (Å²) in [6, 6.07) is 6.71. The Kier molecular flexibility index (Phi) is 2.21. The van der Waals surface area contributed by atoms with Gasteiger partial charge in [-0.05, 0) is 5.56 Å². The summed E-state index contributed by atoms with van der Waals surface area (Å²) in [6.07, 6.45) is 0. The summed E-state index contributed by atoms with van der Waals surface area (Å²) in [5, 5.41) is 7.09. The summed E-state index contributed by atoms with van der Waals surface area (Å²) in [5.74, 6) is -0.0850. The average molecular weight is 152 g/mol. The van der Waals surface area contributed by atoms with E-state index < -0.39 is 6.67 Å². The number of benzene rings is 1. The molecule has 0 aliphatic rings. The monoisotopic (exact) mass is 152 g/mol. The maximum absolute atomic E-state index is 12.2. The van der Waals surface area contributed by atoms with E-state index >= 15 is 0 Å². The van der Waals surface area contributed by atoms with Crippen molar-refractivity contribution >= 4 is 5.84 Å². The molecule has 1 aromatic carbocycles. The third-order valence-corrected chi connectivity index (χ3v) is 1.45. The van der Waals surface area contributed by atoms with E-state index in [2.05, 4.69) is 0 Å². The first-order valence-corrected chi connectivity index (χ1v) is 3.24. The number of alkyl halides is 1. The van der Waals surface area contributed by atoms with Crippen molar-refractivity contribution in [1.29, 1.82) is 5.41 Å². The van der Waals surface area contributed by atoms with Crippen molar-refractivity contribution in [3.63, 3.8) is 0 Å². The van der Waals surface area contributed by atoms with Crippen LogP contribution in [0.4, 0.5) is 4.39 Å². The maximum Gasteiger partial charge on any atom is 0.123 e. The second kappa shape index (κ2) is 3.14. The maximum atomic E-state index is 12.2. The van der Waals surface area contributed by atoms with E-state index in [-0.39, 0.29) is 5.84 Å². The van der Waals surface area contributed by atoms with E-state index in [1.54, 1.807) is 24.3 Å². The van der Waals surface area contributed by atoms with Crippen LogP contribution in [0, 0.1) is 5.41 Å². The van der Waals surface area contributed by atoms with Crippen molar-refractivity contribution in [2.24, 2.45) is 5.73 Å². The molecular formula is C8H9FN2. The predicted molar refractivity (Wildman–Crippen MR) is 42.3 cm³/mol. The van der Waals surface area contributed by atoms with Crippen LogP contribution in [0.3, 0.4) is 0 Å². The van der Waals surface area contributed by atoms with E-state index in [9.17, 15) is 4.39 Å². The largest absolute Gasteiger partial charge is 0.384 e. The molecule has 0 amide bonds. The summed E-state index contributed by atoms with van der Waals surface area (Å²) in [4.78, 5) is 0. The van der Waals surface area contributed by atoms with Crippen LogP contribution in [-0.2, 0) is 6.67 Å². The van der Waals surface area contributed by atoms with E-state index in [1.165, 1.54) is 0 Å². The molecule has 2 nitrogen and oxygen atoms in total. The highest BCUT2D eigenvalue weighted by molar-refractivity contribution is 5.96. The topological polar surface area (TPSA) is 49.9 Å². The van der Waals surface area contributed by atoms with Crippen LogP contribution in [-0.4, -0.2) is 5.84 Å². The smallest absolute Gasteiger partial charge is 0.123 e. The molecule has 0 saturated carbocycles. The lowest BCUT2D eigenvalue weighted by molar-refractivity contribution is 0.485. The normalized spacial score (nSPS) is 9.55. The molecule has 0 atom stereocenters. The van der Waals surface area contributed by atoms with Crippen LogP contribution in [0.5, 0.6) is 0 Å². The molecule has 0 fully saturated rings. The van der Waals surface area contributed by atoms with Gasteiger partial charge in [-0.15, -0.1) is 0 Å². The Morgan fingerprint density at radius 3 is 2.55 bits per heavy atom. The lowest BCUT2D eigenvalue weighted by atomic mass is 10.1. The summed E-state index contributed by atoms with van der Waals surface area (Å²) in [7, 11) is 0. The lowest BCUT2D eigenvalue weighted by Crippen LogP contribution is -2.13. The molecule has 0 heterocycles. The molecule has 0 aromatic heterocycles. The Morgan fingerprint density at radius 1 is 1.45 bits per heavy atom. The van der Waals surface area contributed by atoms with Gasteiger partial charge in [0.05, 0.1) is 0 Å². The van der Waals surface area contributed by atoms with E-state index in [4.69, 9.17) is 11.1 Å². The van der Waals surface area contributed by atoms with Gasteiger partial charge in [0.15, 0.2) is 0 Å². The van der Waals surface area contributed by atoms with E-state index in [0.717, 1.165) is 0 Å². The average Bonchev–Trinajstić information content (AvgIpc) is 2.04. The molecule has 0 saturated heterocycles. The fraction of sp³-hybridized carbons (Fsp3) is 0.125. The number of hydrogen-bond donors (Lipinski definition) is 2. The van der Waals surface area contributed by atoms with Gasteiger partial charge >= 0.3 is 0 Å². The molecule has 1 aromatic rings. The molecule has 0 aliphatic carbocycles. The molecule has 11 heavy (non-hydrogen) atoms. The highest BCUT2D eigenvalue weighted by Gasteiger charge is 2.01. The quantitative estimate of drug-likeness (QED) is 0.489. The van der Waals surface area contributed by atoms with Crippen LogP contribution in [0.1, 0.15) is 11.1 Å². The molecule has 3 heteroatoms. The highest BCUT2D eigenvalue weighted by Crippen LogP contribution is 2.08. The second-order valence-electron chi connectivity index (χ2n) is 2.20. The molecule has 58 valence electrons. The SMILES string of the molecule is N=C(N)c1ccccc1CF. The number of nitrogen functional groups attached to an aromatic ring is 1. The van der Waals surface area contributed by atoms with E-state index in [1.807, 2.05) is 0 Å². The number of hydrogen-bond acceptors (Lipinski definition) is 1. The van der Waals surface area contributed by atoms with Crippen molar-refractivity contribution in [1.82, 2.24) is 0 Å². The van der Waals surface area contributed by atoms with Crippen molar-refractivity contribution in [2.45, 2.75) is 6.67 Å². The molecular weight excluding hydrogens is 143 g/mol. The Bertz CT molecular complexity index is 271. The van der Waals surface area contributed by atoms with Gasteiger partial charge in [-0.3, -0.25) is 5.41 Å². The number of halogens is 1. The fourth-order valence-corrected chi connectivity index (χ4v) is 0.900. The van der Waals surface area contributed by atoms with Gasteiger partial charge in [0.2, 0.25) is 0 Å². The molecule has 3 N–H and O–H groups in total. The van der Waals surface area contributed by atoms with Crippen LogP contribution in [0.2, 0.25) is 0 Å². The first-order valence-electron chi connectivity index (χ1n) is 3.24. The second-order valence-corrected chi connectivity index (χ2v) is 2.20. The lowest BCUT2D eigenvalue weighted by Gasteiger charge is -2.02. The van der Waals surface area contributed by atoms with Crippen LogP contribution >= 0.6 is 0 Å². The molecule has 0 spiro atoms. The Hall–Kier alpha value is -1.38. The number of amidine groups is 1. The standard InChI is InChI=1S/C8H9FN2/c9-5-6-3-1-2-4-7(6)8(10)11/h1-4H,5H2,(H3,10,11). The Labute approximate surface area is 64.4 Å². The minimum atomic E-state index is -0.574. The Balaban J connectivity index is 3.12. The molecule has 1 rings (SSSR count). The zero-order valence-corrected chi connectivity index (χ0v) is 5.97. The zero-order valence-electron chi connectivity index (χ0n) is 5.97. The first kappa shape index (κ1) is 7.72. The molecule has 0 radical (unpaired) electrons. The molecule has 0 bridgehead atoms. The summed E-state index contributed by atoms with van der Waals surface area (Å²) < 4.78 is 12.2. The predicted octanol–water partition coefficient (Wildman–Crippen LogP) is 1.44. The molecule has 0 aliphatic heterocycles. The van der Waals surface area contributed by atoms with Gasteiger partial charge in [0, 0.05) is 5.56 Å². The number of rotatable bonds is 2. The Morgan fingerprint density at radius 2 is 2.09 bits per heavy atom.